The van der Waals surface area contributed by atoms with Gasteiger partial charge in [0, 0.05) is 27.5 Å². The Labute approximate surface area is 348 Å². The maximum atomic E-state index is 5.64. The Morgan fingerprint density at radius 3 is 1.45 bits per heavy atom. The van der Waals surface area contributed by atoms with Crippen LogP contribution in [0.3, 0.4) is 0 Å². The van der Waals surface area contributed by atoms with Crippen LogP contribution in [-0.4, -0.2) is 19.1 Å². The summed E-state index contributed by atoms with van der Waals surface area (Å²) in [5.74, 6) is 1.78. The third kappa shape index (κ3) is 5.60. The lowest BCUT2D eigenvalue weighted by molar-refractivity contribution is 0.823. The smallest absolute Gasteiger partial charge is 0.237 e. The summed E-state index contributed by atoms with van der Waals surface area (Å²) in [6.07, 6.45) is 5.59. The Hall–Kier alpha value is -7.82. The first kappa shape index (κ1) is 34.2. The molecule has 0 N–H and O–H groups in total. The summed E-state index contributed by atoms with van der Waals surface area (Å²) in [5.41, 5.74) is 15.1. The van der Waals surface area contributed by atoms with E-state index in [1.165, 1.54) is 55.6 Å². The zero-order valence-electron chi connectivity index (χ0n) is 32.8. The molecule has 0 amide bonds. The summed E-state index contributed by atoms with van der Waals surface area (Å²) in [7, 11) is 0. The SMILES string of the molecule is C1=CC(c2ccccc2)Cc2c1n(-c1nc(-n3c4ccc(-c5ccccc5)cc4c4cc(-c5ccccc5)ccc43)nc3ccccc13)c1ccc(-c3ccccc3)cc21. The topological polar surface area (TPSA) is 35.6 Å². The monoisotopic (exact) mass is 766 g/mol. The van der Waals surface area contributed by atoms with Crippen molar-refractivity contribution in [2.75, 3.05) is 0 Å². The molecule has 1 unspecified atom stereocenters. The summed E-state index contributed by atoms with van der Waals surface area (Å²) >= 11 is 0. The van der Waals surface area contributed by atoms with Crippen molar-refractivity contribution in [1.29, 1.82) is 0 Å². The molecule has 3 aromatic heterocycles. The molecule has 0 aliphatic heterocycles. The molecule has 4 heteroatoms. The van der Waals surface area contributed by atoms with Crippen molar-refractivity contribution in [2.24, 2.45) is 0 Å². The molecule has 1 aliphatic carbocycles. The molecule has 0 spiro atoms. The van der Waals surface area contributed by atoms with Crippen LogP contribution in [0.4, 0.5) is 0 Å². The van der Waals surface area contributed by atoms with E-state index in [9.17, 15) is 0 Å². The molecule has 3 heterocycles. The van der Waals surface area contributed by atoms with Crippen LogP contribution in [0.1, 0.15) is 22.7 Å². The highest BCUT2D eigenvalue weighted by Crippen LogP contribution is 2.42. The lowest BCUT2D eigenvalue weighted by Gasteiger charge is -2.20. The highest BCUT2D eigenvalue weighted by atomic mass is 15.2. The third-order valence-corrected chi connectivity index (χ3v) is 12.3. The van der Waals surface area contributed by atoms with Gasteiger partial charge in [0.25, 0.3) is 0 Å². The van der Waals surface area contributed by atoms with Gasteiger partial charge in [-0.15, -0.1) is 0 Å². The normalized spacial score (nSPS) is 13.7. The number of fused-ring (bicyclic) bond motifs is 7. The molecule has 0 saturated heterocycles. The highest BCUT2D eigenvalue weighted by molar-refractivity contribution is 6.11. The van der Waals surface area contributed by atoms with E-state index in [0.29, 0.717) is 5.95 Å². The van der Waals surface area contributed by atoms with E-state index in [2.05, 4.69) is 221 Å². The van der Waals surface area contributed by atoms with E-state index >= 15 is 0 Å². The molecule has 4 nitrogen and oxygen atoms in total. The molecule has 0 saturated carbocycles. The van der Waals surface area contributed by atoms with Gasteiger partial charge in [-0.1, -0.05) is 158 Å². The van der Waals surface area contributed by atoms with Gasteiger partial charge in [0.15, 0.2) is 5.82 Å². The average molecular weight is 767 g/mol. The van der Waals surface area contributed by atoms with E-state index in [1.807, 2.05) is 0 Å². The number of allylic oxidation sites excluding steroid dienone is 1. The van der Waals surface area contributed by atoms with Crippen LogP contribution in [0.15, 0.2) is 206 Å². The van der Waals surface area contributed by atoms with Crippen molar-refractivity contribution in [2.45, 2.75) is 12.3 Å². The molecule has 11 aromatic rings. The van der Waals surface area contributed by atoms with E-state index in [1.54, 1.807) is 0 Å². The van der Waals surface area contributed by atoms with Crippen molar-refractivity contribution >= 4 is 49.7 Å². The number of rotatable bonds is 6. The van der Waals surface area contributed by atoms with Gasteiger partial charge >= 0.3 is 0 Å². The maximum Gasteiger partial charge on any atom is 0.237 e. The van der Waals surface area contributed by atoms with Gasteiger partial charge in [-0.2, -0.15) is 4.98 Å². The molecular formula is C56H38N4. The molecule has 1 atom stereocenters. The summed E-state index contributed by atoms with van der Waals surface area (Å²) in [6, 6.07) is 71.8. The average Bonchev–Trinajstić information content (AvgIpc) is 3.83. The predicted molar refractivity (Wildman–Crippen MR) is 249 cm³/mol. The zero-order valence-corrected chi connectivity index (χ0v) is 32.8. The summed E-state index contributed by atoms with van der Waals surface area (Å²) in [4.78, 5) is 11.0. The second kappa shape index (κ2) is 13.9. The molecule has 0 fully saturated rings. The summed E-state index contributed by atoms with van der Waals surface area (Å²) in [5, 5.41) is 4.58. The Kier molecular flexibility index (Phi) is 7.95. The second-order valence-corrected chi connectivity index (χ2v) is 15.8. The first-order valence-corrected chi connectivity index (χ1v) is 20.7. The largest absolute Gasteiger partial charge is 0.293 e. The van der Waals surface area contributed by atoms with Crippen LogP contribution in [0.25, 0.3) is 94.8 Å². The Morgan fingerprint density at radius 1 is 0.400 bits per heavy atom. The molecule has 60 heavy (non-hydrogen) atoms. The van der Waals surface area contributed by atoms with Gasteiger partial charge in [-0.05, 0) is 106 Å². The Balaban J connectivity index is 1.12. The van der Waals surface area contributed by atoms with Crippen molar-refractivity contribution in [3.63, 3.8) is 0 Å². The Bertz CT molecular complexity index is 3340. The minimum absolute atomic E-state index is 0.273. The van der Waals surface area contributed by atoms with Crippen LogP contribution >= 0.6 is 0 Å². The van der Waals surface area contributed by atoms with E-state index in [4.69, 9.17) is 9.97 Å². The van der Waals surface area contributed by atoms with Crippen molar-refractivity contribution in [3.8, 4) is 45.1 Å². The minimum Gasteiger partial charge on any atom is -0.293 e. The molecule has 282 valence electrons. The minimum atomic E-state index is 0.273. The molecule has 1 aliphatic rings. The predicted octanol–water partition coefficient (Wildman–Crippen LogP) is 14.0. The number of nitrogens with zero attached hydrogens (tertiary/aromatic N) is 4. The lowest BCUT2D eigenvalue weighted by atomic mass is 9.86. The van der Waals surface area contributed by atoms with Gasteiger partial charge in [0.05, 0.1) is 27.8 Å². The van der Waals surface area contributed by atoms with E-state index in [0.717, 1.165) is 50.5 Å². The first-order chi connectivity index (χ1) is 29.7. The third-order valence-electron chi connectivity index (χ3n) is 12.3. The van der Waals surface area contributed by atoms with Gasteiger partial charge < -0.3 is 0 Å². The van der Waals surface area contributed by atoms with Crippen molar-refractivity contribution in [3.05, 3.63) is 223 Å². The molecule has 0 bridgehead atoms. The molecular weight excluding hydrogens is 729 g/mol. The summed E-state index contributed by atoms with van der Waals surface area (Å²) in [6.45, 7) is 0. The number of hydrogen-bond acceptors (Lipinski definition) is 2. The van der Waals surface area contributed by atoms with Crippen LogP contribution in [-0.2, 0) is 6.42 Å². The van der Waals surface area contributed by atoms with Crippen LogP contribution < -0.4 is 0 Å². The number of para-hydroxylation sites is 1. The van der Waals surface area contributed by atoms with Crippen LogP contribution in [0.5, 0.6) is 0 Å². The van der Waals surface area contributed by atoms with Crippen LogP contribution in [0.2, 0.25) is 0 Å². The van der Waals surface area contributed by atoms with E-state index in [-0.39, 0.29) is 5.92 Å². The van der Waals surface area contributed by atoms with Crippen LogP contribution in [0, 0.1) is 0 Å². The Morgan fingerprint density at radius 2 is 0.883 bits per heavy atom. The first-order valence-electron chi connectivity index (χ1n) is 20.7. The van der Waals surface area contributed by atoms with Crippen molar-refractivity contribution in [1.82, 2.24) is 19.1 Å². The van der Waals surface area contributed by atoms with Gasteiger partial charge in [0.1, 0.15) is 0 Å². The fourth-order valence-corrected chi connectivity index (χ4v) is 9.41. The maximum absolute atomic E-state index is 5.64. The zero-order chi connectivity index (χ0) is 39.6. The summed E-state index contributed by atoms with van der Waals surface area (Å²) < 4.78 is 4.65. The van der Waals surface area contributed by atoms with Gasteiger partial charge in [-0.3, -0.25) is 9.13 Å². The number of benzene rings is 8. The van der Waals surface area contributed by atoms with Crippen molar-refractivity contribution < 1.29 is 0 Å². The number of aromatic nitrogens is 4. The standard InChI is InChI=1S/C56H38N4/c1-5-15-37(16-6-1)41-25-29-51-46(33-41)47-34-42(38-17-7-2-8-18-38)26-30-52(47)59(51)55-45-23-13-14-24-50(45)57-56(58-55)60-53-31-27-43(39-19-9-3-10-20-39)35-48(53)49-36-44(28-32-54(49)60)40-21-11-4-12-22-40/h1-33,35-36,42H,34H2. The fraction of sp³-hybridized carbons (Fsp3) is 0.0357. The molecule has 0 radical (unpaired) electrons. The quantitative estimate of drug-likeness (QED) is 0.169. The number of hydrogen-bond donors (Lipinski definition) is 0. The highest BCUT2D eigenvalue weighted by Gasteiger charge is 2.27. The molecule has 12 rings (SSSR count). The lowest BCUT2D eigenvalue weighted by Crippen LogP contribution is -2.10. The van der Waals surface area contributed by atoms with Gasteiger partial charge in [0.2, 0.25) is 5.95 Å². The van der Waals surface area contributed by atoms with Gasteiger partial charge in [-0.25, -0.2) is 4.98 Å². The molecule has 8 aromatic carbocycles. The fourth-order valence-electron chi connectivity index (χ4n) is 9.41. The van der Waals surface area contributed by atoms with E-state index < -0.39 is 0 Å². The second-order valence-electron chi connectivity index (χ2n) is 15.8.